The van der Waals surface area contributed by atoms with E-state index in [9.17, 15) is 9.18 Å². The molecule has 0 unspecified atom stereocenters. The summed E-state index contributed by atoms with van der Waals surface area (Å²) in [5, 5.41) is 0.646. The second-order valence-corrected chi connectivity index (χ2v) is 7.73. The van der Waals surface area contributed by atoms with Crippen molar-refractivity contribution in [1.82, 2.24) is 9.79 Å². The Morgan fingerprint density at radius 3 is 2.84 bits per heavy atom. The predicted octanol–water partition coefficient (Wildman–Crippen LogP) is 4.19. The molecule has 2 heterocycles. The second-order valence-electron chi connectivity index (χ2n) is 6.87. The molecule has 3 rings (SSSR count). The maximum Gasteiger partial charge on any atom is 0.340 e. The number of rotatable bonds is 5. The lowest BCUT2D eigenvalue weighted by Crippen LogP contribution is -2.41. The third-order valence-electron chi connectivity index (χ3n) is 5.06. The van der Waals surface area contributed by atoms with E-state index in [1.165, 1.54) is 12.1 Å². The summed E-state index contributed by atoms with van der Waals surface area (Å²) in [6.45, 7) is 4.16. The quantitative estimate of drug-likeness (QED) is 0.598. The van der Waals surface area contributed by atoms with Gasteiger partial charge in [-0.1, -0.05) is 13.3 Å². The molecular weight excluding hydrogens is 386 g/mol. The highest BCUT2D eigenvalue weighted by atomic mass is 79.9. The van der Waals surface area contributed by atoms with Crippen LogP contribution in [0, 0.1) is 11.2 Å². The van der Waals surface area contributed by atoms with E-state index in [1.54, 1.807) is 6.20 Å². The molecule has 2 aromatic rings. The number of hydrogen-bond donors (Lipinski definition) is 1. The maximum absolute atomic E-state index is 13.5. The minimum absolute atomic E-state index is 0.00424. The number of benzene rings is 1. The van der Waals surface area contributed by atoms with E-state index in [1.807, 2.05) is 4.81 Å². The van der Waals surface area contributed by atoms with E-state index in [0.29, 0.717) is 27.5 Å². The standard InChI is InChI=1S/C18H21BBrFN2O2/c1-2-3-18(4-6-23(19)7-5-18)11-25-17(24)13-10-22-15-9-12(21)8-14(20)16(13)15/h8-10,22H,2-7,11H2,1H3. The SMILES string of the molecule is [B]N1CCC(CCC)(COC(=O)c2c[nH]c3cc(F)cc(Br)c23)CC1. The van der Waals surface area contributed by atoms with Gasteiger partial charge >= 0.3 is 5.97 Å². The number of carbonyl (C=O) groups excluding carboxylic acids is 1. The smallest absolute Gasteiger partial charge is 0.340 e. The van der Waals surface area contributed by atoms with Crippen LogP contribution in [0.15, 0.2) is 22.8 Å². The minimum atomic E-state index is -0.385. The van der Waals surface area contributed by atoms with Crippen LogP contribution in [0.5, 0.6) is 0 Å². The number of H-pyrrole nitrogens is 1. The maximum atomic E-state index is 13.5. The number of hydrogen-bond acceptors (Lipinski definition) is 3. The van der Waals surface area contributed by atoms with Gasteiger partial charge in [-0.15, -0.1) is 0 Å². The van der Waals surface area contributed by atoms with Crippen molar-refractivity contribution in [1.29, 1.82) is 0 Å². The topological polar surface area (TPSA) is 45.3 Å². The van der Waals surface area contributed by atoms with Crippen LogP contribution in [0.4, 0.5) is 4.39 Å². The molecular formula is C18H21BBrFN2O2. The molecule has 4 nitrogen and oxygen atoms in total. The summed E-state index contributed by atoms with van der Waals surface area (Å²) in [4.78, 5) is 17.4. The Kier molecular flexibility index (Phi) is 5.54. The molecule has 0 bridgehead atoms. The van der Waals surface area contributed by atoms with Crippen LogP contribution in [-0.2, 0) is 4.74 Å². The molecule has 1 aliphatic rings. The summed E-state index contributed by atoms with van der Waals surface area (Å²) >= 11 is 3.33. The van der Waals surface area contributed by atoms with Crippen LogP contribution >= 0.6 is 15.9 Å². The molecule has 1 aliphatic heterocycles. The average Bonchev–Trinajstić information content (AvgIpc) is 3.00. The van der Waals surface area contributed by atoms with Crippen molar-refractivity contribution < 1.29 is 13.9 Å². The zero-order chi connectivity index (χ0) is 18.0. The highest BCUT2D eigenvalue weighted by molar-refractivity contribution is 9.10. The first-order valence-electron chi connectivity index (χ1n) is 8.57. The van der Waals surface area contributed by atoms with Gasteiger partial charge in [-0.2, -0.15) is 0 Å². The van der Waals surface area contributed by atoms with E-state index in [2.05, 4.69) is 27.8 Å². The molecule has 2 radical (unpaired) electrons. The van der Waals surface area contributed by atoms with E-state index < -0.39 is 0 Å². The van der Waals surface area contributed by atoms with Crippen molar-refractivity contribution in [2.24, 2.45) is 5.41 Å². The zero-order valence-electron chi connectivity index (χ0n) is 14.3. The number of ether oxygens (including phenoxy) is 1. The first-order valence-corrected chi connectivity index (χ1v) is 9.36. The van der Waals surface area contributed by atoms with Gasteiger partial charge in [0.15, 0.2) is 7.98 Å². The molecule has 25 heavy (non-hydrogen) atoms. The van der Waals surface area contributed by atoms with Crippen LogP contribution in [0.3, 0.4) is 0 Å². The number of nitrogens with one attached hydrogen (secondary N) is 1. The van der Waals surface area contributed by atoms with Crippen molar-refractivity contribution in [3.8, 4) is 0 Å². The van der Waals surface area contributed by atoms with Crippen LogP contribution in [0.1, 0.15) is 43.0 Å². The molecule has 0 atom stereocenters. The molecule has 0 saturated carbocycles. The van der Waals surface area contributed by atoms with E-state index in [-0.39, 0.29) is 17.2 Å². The van der Waals surface area contributed by atoms with Gasteiger partial charge in [-0.25, -0.2) is 9.18 Å². The predicted molar refractivity (Wildman–Crippen MR) is 100 cm³/mol. The molecule has 0 amide bonds. The van der Waals surface area contributed by atoms with Gasteiger partial charge in [0.2, 0.25) is 0 Å². The van der Waals surface area contributed by atoms with Gasteiger partial charge < -0.3 is 14.5 Å². The minimum Gasteiger partial charge on any atom is -0.461 e. The van der Waals surface area contributed by atoms with Gasteiger partial charge in [-0.3, -0.25) is 0 Å². The lowest BCUT2D eigenvalue weighted by Gasteiger charge is -2.40. The third-order valence-corrected chi connectivity index (χ3v) is 5.69. The molecule has 7 heteroatoms. The number of halogens is 2. The Labute approximate surface area is 156 Å². The van der Waals surface area contributed by atoms with Crippen LogP contribution in [0.25, 0.3) is 10.9 Å². The molecule has 1 saturated heterocycles. The molecule has 132 valence electrons. The number of nitrogens with zero attached hydrogens (tertiary/aromatic N) is 1. The van der Waals surface area contributed by atoms with Crippen molar-refractivity contribution in [2.45, 2.75) is 32.6 Å². The fraction of sp³-hybridized carbons (Fsp3) is 0.500. The summed E-state index contributed by atoms with van der Waals surface area (Å²) in [5.41, 5.74) is 0.985. The number of carbonyl (C=O) groups is 1. The normalized spacial score (nSPS) is 17.7. The molecule has 1 N–H and O–H groups in total. The largest absolute Gasteiger partial charge is 0.461 e. The number of aromatic amines is 1. The summed E-state index contributed by atoms with van der Waals surface area (Å²) in [7, 11) is 5.86. The highest BCUT2D eigenvalue weighted by Crippen LogP contribution is 2.37. The van der Waals surface area contributed by atoms with Crippen LogP contribution < -0.4 is 0 Å². The van der Waals surface area contributed by atoms with Crippen molar-refractivity contribution >= 4 is 40.8 Å². The van der Waals surface area contributed by atoms with Gasteiger partial charge in [0, 0.05) is 21.5 Å². The summed E-state index contributed by atoms with van der Waals surface area (Å²) in [5.74, 6) is -0.749. The van der Waals surface area contributed by atoms with Crippen LogP contribution in [-0.4, -0.2) is 43.4 Å². The Morgan fingerprint density at radius 2 is 2.16 bits per heavy atom. The molecule has 0 spiro atoms. The fourth-order valence-electron chi connectivity index (χ4n) is 3.64. The van der Waals surface area contributed by atoms with Crippen molar-refractivity contribution in [3.05, 3.63) is 34.2 Å². The first kappa shape index (κ1) is 18.5. The molecule has 1 aromatic carbocycles. The van der Waals surface area contributed by atoms with Crippen LogP contribution in [0.2, 0.25) is 0 Å². The van der Waals surface area contributed by atoms with Crippen molar-refractivity contribution in [3.63, 3.8) is 0 Å². The lowest BCUT2D eigenvalue weighted by molar-refractivity contribution is 0.0106. The molecule has 1 fully saturated rings. The fourth-order valence-corrected chi connectivity index (χ4v) is 4.28. The van der Waals surface area contributed by atoms with Crippen molar-refractivity contribution in [2.75, 3.05) is 19.7 Å². The third kappa shape index (κ3) is 3.92. The first-order chi connectivity index (χ1) is 11.9. The zero-order valence-corrected chi connectivity index (χ0v) is 15.9. The van der Waals surface area contributed by atoms with E-state index in [4.69, 9.17) is 12.7 Å². The number of esters is 1. The number of aromatic nitrogens is 1. The second kappa shape index (κ2) is 7.50. The van der Waals surface area contributed by atoms with E-state index >= 15 is 0 Å². The molecule has 0 aliphatic carbocycles. The Hall–Kier alpha value is -1.34. The Morgan fingerprint density at radius 1 is 1.44 bits per heavy atom. The highest BCUT2D eigenvalue weighted by Gasteiger charge is 2.34. The monoisotopic (exact) mass is 406 g/mol. The Bertz CT molecular complexity index is 772. The summed E-state index contributed by atoms with van der Waals surface area (Å²) in [6, 6.07) is 2.72. The molecule has 1 aromatic heterocycles. The number of fused-ring (bicyclic) bond motifs is 1. The van der Waals surface area contributed by atoms with Gasteiger partial charge in [0.25, 0.3) is 0 Å². The average molecular weight is 407 g/mol. The van der Waals surface area contributed by atoms with Gasteiger partial charge in [-0.05, 0) is 60.4 Å². The summed E-state index contributed by atoms with van der Waals surface area (Å²) < 4.78 is 19.7. The van der Waals surface area contributed by atoms with Gasteiger partial charge in [0.05, 0.1) is 17.7 Å². The Balaban J connectivity index is 1.76. The summed E-state index contributed by atoms with van der Waals surface area (Å²) in [6.07, 6.45) is 5.48. The van der Waals surface area contributed by atoms with Gasteiger partial charge in [0.1, 0.15) is 5.82 Å². The lowest BCUT2D eigenvalue weighted by atomic mass is 9.75. The van der Waals surface area contributed by atoms with E-state index in [0.717, 1.165) is 38.8 Å². The number of piperidine rings is 1.